The molecule has 0 aliphatic rings. The number of aryl methyl sites for hydroxylation is 1. The van der Waals surface area contributed by atoms with E-state index in [9.17, 15) is 26.3 Å². The first kappa shape index (κ1) is 12.6. The summed E-state index contributed by atoms with van der Waals surface area (Å²) in [4.78, 5) is 2.88. The third-order valence-corrected chi connectivity index (χ3v) is 1.66. The Kier molecular flexibility index (Phi) is 3.30. The van der Waals surface area contributed by atoms with Crippen molar-refractivity contribution >= 4 is 0 Å². The monoisotopic (exact) mass is 245 g/mol. The van der Waals surface area contributed by atoms with Crippen molar-refractivity contribution in [3.63, 3.8) is 0 Å². The Bertz CT molecular complexity index is 389. The van der Waals surface area contributed by atoms with E-state index >= 15 is 0 Å². The van der Waals surface area contributed by atoms with Crippen LogP contribution < -0.4 is 4.74 Å². The molecule has 90 valence electrons. The zero-order valence-electron chi connectivity index (χ0n) is 7.78. The van der Waals surface area contributed by atoms with Crippen LogP contribution in [-0.2, 0) is 0 Å². The fraction of sp³-hybridized carbons (Fsp3) is 0.375. The molecule has 0 saturated carbocycles. The molecule has 2 nitrogen and oxygen atoms in total. The molecule has 0 fully saturated rings. The maximum atomic E-state index is 12.9. The summed E-state index contributed by atoms with van der Waals surface area (Å²) in [7, 11) is 0. The van der Waals surface area contributed by atoms with Crippen molar-refractivity contribution in [2.24, 2.45) is 0 Å². The van der Waals surface area contributed by atoms with Gasteiger partial charge >= 0.3 is 6.36 Å². The summed E-state index contributed by atoms with van der Waals surface area (Å²) in [6.45, 7) is 1.08. The Balaban J connectivity index is 3.29. The Labute approximate surface area is 85.9 Å². The number of aromatic nitrogens is 1. The van der Waals surface area contributed by atoms with Crippen molar-refractivity contribution in [1.82, 2.24) is 4.98 Å². The molecule has 0 atom stereocenters. The fourth-order valence-corrected chi connectivity index (χ4v) is 1.06. The lowest BCUT2D eigenvalue weighted by molar-refractivity contribution is -0.276. The lowest BCUT2D eigenvalue weighted by Gasteiger charge is -2.14. The van der Waals surface area contributed by atoms with Crippen LogP contribution in [0.2, 0.25) is 0 Å². The normalized spacial score (nSPS) is 12.0. The molecule has 0 N–H and O–H groups in total. The van der Waals surface area contributed by atoms with Crippen molar-refractivity contribution in [2.75, 3.05) is 0 Å². The first-order chi connectivity index (χ1) is 7.22. The summed E-state index contributed by atoms with van der Waals surface area (Å²) >= 11 is 0. The minimum Gasteiger partial charge on any atom is -0.400 e. The molecule has 1 aromatic rings. The molecular weight excluding hydrogens is 240 g/mol. The summed E-state index contributed by atoms with van der Waals surface area (Å²) in [5.41, 5.74) is -1.43. The number of halogens is 6. The molecule has 1 aromatic heterocycles. The van der Waals surface area contributed by atoms with Crippen LogP contribution in [0, 0.1) is 12.9 Å². The molecule has 0 spiro atoms. The minimum atomic E-state index is -5.25. The quantitative estimate of drug-likeness (QED) is 0.588. The second-order valence-corrected chi connectivity index (χ2v) is 2.82. The second-order valence-electron chi connectivity index (χ2n) is 2.82. The summed E-state index contributed by atoms with van der Waals surface area (Å²) in [6, 6.07) is 0. The SMILES string of the molecule is Cc1cnc(F)c(OC(F)(F)F)c1C(F)F. The smallest absolute Gasteiger partial charge is 0.400 e. The average Bonchev–Trinajstić information content (AvgIpc) is 2.08. The molecule has 8 heteroatoms. The largest absolute Gasteiger partial charge is 0.573 e. The summed E-state index contributed by atoms with van der Waals surface area (Å²) in [5, 5.41) is 0. The van der Waals surface area contributed by atoms with E-state index in [2.05, 4.69) is 9.72 Å². The number of nitrogens with zero attached hydrogens (tertiary/aromatic N) is 1. The molecule has 0 amide bonds. The van der Waals surface area contributed by atoms with Crippen LogP contribution >= 0.6 is 0 Å². The highest BCUT2D eigenvalue weighted by atomic mass is 19.4. The Morgan fingerprint density at radius 3 is 2.31 bits per heavy atom. The topological polar surface area (TPSA) is 22.1 Å². The highest BCUT2D eigenvalue weighted by molar-refractivity contribution is 5.38. The molecule has 1 heterocycles. The van der Waals surface area contributed by atoms with Gasteiger partial charge in [0.05, 0.1) is 5.56 Å². The molecule has 0 saturated heterocycles. The van der Waals surface area contributed by atoms with E-state index < -0.39 is 30.0 Å². The van der Waals surface area contributed by atoms with Gasteiger partial charge < -0.3 is 4.74 Å². The molecule has 0 aromatic carbocycles. The van der Waals surface area contributed by atoms with Gasteiger partial charge in [-0.25, -0.2) is 13.8 Å². The van der Waals surface area contributed by atoms with Crippen molar-refractivity contribution in [2.45, 2.75) is 19.7 Å². The van der Waals surface area contributed by atoms with Gasteiger partial charge in [-0.2, -0.15) is 4.39 Å². The van der Waals surface area contributed by atoms with Crippen LogP contribution in [0.3, 0.4) is 0 Å². The molecule has 0 aliphatic carbocycles. The van der Waals surface area contributed by atoms with Gasteiger partial charge in [-0.1, -0.05) is 0 Å². The van der Waals surface area contributed by atoms with Crippen LogP contribution in [0.5, 0.6) is 5.75 Å². The fourth-order valence-electron chi connectivity index (χ4n) is 1.06. The van der Waals surface area contributed by atoms with E-state index in [-0.39, 0.29) is 5.56 Å². The lowest BCUT2D eigenvalue weighted by atomic mass is 10.1. The number of ether oxygens (including phenoxy) is 1. The third-order valence-electron chi connectivity index (χ3n) is 1.66. The van der Waals surface area contributed by atoms with Crippen molar-refractivity contribution in [3.05, 3.63) is 23.3 Å². The van der Waals surface area contributed by atoms with Gasteiger partial charge in [0.1, 0.15) is 0 Å². The van der Waals surface area contributed by atoms with E-state index in [1.165, 1.54) is 0 Å². The summed E-state index contributed by atoms with van der Waals surface area (Å²) < 4.78 is 76.3. The van der Waals surface area contributed by atoms with E-state index in [1.54, 1.807) is 0 Å². The number of alkyl halides is 5. The van der Waals surface area contributed by atoms with Crippen LogP contribution in [-0.4, -0.2) is 11.3 Å². The van der Waals surface area contributed by atoms with Crippen molar-refractivity contribution < 1.29 is 31.1 Å². The third kappa shape index (κ3) is 2.77. The predicted molar refractivity (Wildman–Crippen MR) is 40.6 cm³/mol. The van der Waals surface area contributed by atoms with Crippen molar-refractivity contribution in [3.8, 4) is 5.75 Å². The van der Waals surface area contributed by atoms with Gasteiger partial charge in [0, 0.05) is 6.20 Å². The van der Waals surface area contributed by atoms with E-state index in [4.69, 9.17) is 0 Å². The lowest BCUT2D eigenvalue weighted by Crippen LogP contribution is -2.20. The molecular formula is C8H5F6NO. The Morgan fingerprint density at radius 2 is 1.88 bits per heavy atom. The zero-order chi connectivity index (χ0) is 12.5. The highest BCUT2D eigenvalue weighted by Crippen LogP contribution is 2.36. The highest BCUT2D eigenvalue weighted by Gasteiger charge is 2.36. The van der Waals surface area contributed by atoms with Gasteiger partial charge in [-0.3, -0.25) is 0 Å². The zero-order valence-corrected chi connectivity index (χ0v) is 7.78. The Morgan fingerprint density at radius 1 is 1.31 bits per heavy atom. The summed E-state index contributed by atoms with van der Waals surface area (Å²) in [5.74, 6) is -3.30. The van der Waals surface area contributed by atoms with E-state index in [0.717, 1.165) is 6.92 Å². The van der Waals surface area contributed by atoms with Crippen molar-refractivity contribution in [1.29, 1.82) is 0 Å². The molecule has 1 rings (SSSR count). The molecule has 0 bridgehead atoms. The van der Waals surface area contributed by atoms with Gasteiger partial charge in [0.15, 0.2) is 5.75 Å². The minimum absolute atomic E-state index is 0.282. The van der Waals surface area contributed by atoms with Crippen LogP contribution in [0.25, 0.3) is 0 Å². The average molecular weight is 245 g/mol. The van der Waals surface area contributed by atoms with Gasteiger partial charge in [-0.05, 0) is 12.5 Å². The maximum Gasteiger partial charge on any atom is 0.573 e. The Hall–Kier alpha value is -1.47. The molecule has 0 radical (unpaired) electrons. The number of pyridine rings is 1. The maximum absolute atomic E-state index is 12.9. The molecule has 0 unspecified atom stereocenters. The standard InChI is InChI=1S/C8H5F6NO/c1-3-2-15-7(11)5(4(3)6(9)10)16-8(12,13)14/h2,6H,1H3. The van der Waals surface area contributed by atoms with Crippen LogP contribution in [0.1, 0.15) is 17.6 Å². The van der Waals surface area contributed by atoms with Crippen LogP contribution in [0.15, 0.2) is 6.20 Å². The first-order valence-electron chi connectivity index (χ1n) is 3.91. The van der Waals surface area contributed by atoms with Gasteiger partial charge in [0.25, 0.3) is 12.4 Å². The molecule has 16 heavy (non-hydrogen) atoms. The molecule has 0 aliphatic heterocycles. The first-order valence-corrected chi connectivity index (χ1v) is 3.91. The number of rotatable bonds is 2. The summed E-state index contributed by atoms with van der Waals surface area (Å²) in [6.07, 6.45) is -7.82. The number of hydrogen-bond donors (Lipinski definition) is 0. The van der Waals surface area contributed by atoms with E-state index in [0.29, 0.717) is 6.20 Å². The van der Waals surface area contributed by atoms with Gasteiger partial charge in [0.2, 0.25) is 0 Å². The second kappa shape index (κ2) is 4.18. The van der Waals surface area contributed by atoms with Gasteiger partial charge in [-0.15, -0.1) is 13.2 Å². The van der Waals surface area contributed by atoms with E-state index in [1.807, 2.05) is 0 Å². The number of hydrogen-bond acceptors (Lipinski definition) is 2. The van der Waals surface area contributed by atoms with Crippen LogP contribution in [0.4, 0.5) is 26.3 Å². The predicted octanol–water partition coefficient (Wildman–Crippen LogP) is 3.37.